The molecule has 2 aromatic rings. The zero-order valence-corrected chi connectivity index (χ0v) is 12.2. The van der Waals surface area contributed by atoms with Gasteiger partial charge in [-0.05, 0) is 44.0 Å². The summed E-state index contributed by atoms with van der Waals surface area (Å²) in [6.45, 7) is 5.97. The number of rotatable bonds is 3. The molecule has 1 nitrogen and oxygen atoms in total. The van der Waals surface area contributed by atoms with Crippen LogP contribution in [-0.2, 0) is 0 Å². The number of hydrogen-bond donors (Lipinski definition) is 1. The van der Waals surface area contributed by atoms with Crippen LogP contribution in [0.2, 0.25) is 0 Å². The molecule has 3 heteroatoms. The molecule has 0 fully saturated rings. The van der Waals surface area contributed by atoms with Gasteiger partial charge in [0.25, 0.3) is 0 Å². The predicted molar refractivity (Wildman–Crippen MR) is 79.0 cm³/mol. The van der Waals surface area contributed by atoms with Crippen LogP contribution in [0.15, 0.2) is 46.2 Å². The van der Waals surface area contributed by atoms with Gasteiger partial charge in [-0.2, -0.15) is 0 Å². The zero-order valence-electron chi connectivity index (χ0n) is 11.4. The van der Waals surface area contributed by atoms with Crippen molar-refractivity contribution in [2.24, 2.45) is 5.73 Å². The van der Waals surface area contributed by atoms with Crippen LogP contribution < -0.4 is 5.73 Å². The van der Waals surface area contributed by atoms with E-state index in [2.05, 4.69) is 13.0 Å². The molecule has 0 aliphatic rings. The van der Waals surface area contributed by atoms with E-state index in [9.17, 15) is 4.39 Å². The monoisotopic (exact) mass is 275 g/mol. The van der Waals surface area contributed by atoms with Crippen molar-refractivity contribution < 1.29 is 4.39 Å². The molecule has 0 unspecified atom stereocenters. The van der Waals surface area contributed by atoms with Crippen molar-refractivity contribution in [2.45, 2.75) is 36.6 Å². The second-order valence-electron chi connectivity index (χ2n) is 4.82. The number of benzene rings is 2. The van der Waals surface area contributed by atoms with E-state index in [-0.39, 0.29) is 11.9 Å². The van der Waals surface area contributed by atoms with Gasteiger partial charge in [0, 0.05) is 10.9 Å². The first kappa shape index (κ1) is 14.1. The van der Waals surface area contributed by atoms with Gasteiger partial charge in [-0.3, -0.25) is 0 Å². The quantitative estimate of drug-likeness (QED) is 0.885. The van der Waals surface area contributed by atoms with Crippen LogP contribution >= 0.6 is 11.8 Å². The SMILES string of the molecule is Cc1ccc(Sc2c(F)cccc2[C@@H](C)N)c(C)c1. The molecule has 0 saturated carbocycles. The van der Waals surface area contributed by atoms with Gasteiger partial charge in [0.2, 0.25) is 0 Å². The van der Waals surface area contributed by atoms with Crippen molar-refractivity contribution in [3.05, 3.63) is 58.9 Å². The molecule has 0 saturated heterocycles. The highest BCUT2D eigenvalue weighted by molar-refractivity contribution is 7.99. The maximum atomic E-state index is 14.0. The van der Waals surface area contributed by atoms with E-state index < -0.39 is 0 Å². The van der Waals surface area contributed by atoms with Gasteiger partial charge in [0.15, 0.2) is 0 Å². The molecule has 0 radical (unpaired) electrons. The van der Waals surface area contributed by atoms with Crippen LogP contribution in [0.5, 0.6) is 0 Å². The van der Waals surface area contributed by atoms with Crippen LogP contribution in [0.3, 0.4) is 0 Å². The highest BCUT2D eigenvalue weighted by atomic mass is 32.2. The zero-order chi connectivity index (χ0) is 14.0. The number of aryl methyl sites for hydroxylation is 2. The predicted octanol–water partition coefficient (Wildman–Crippen LogP) is 4.61. The van der Waals surface area contributed by atoms with Gasteiger partial charge >= 0.3 is 0 Å². The Labute approximate surface area is 118 Å². The molecular weight excluding hydrogens is 257 g/mol. The number of halogens is 1. The first-order chi connectivity index (χ1) is 8.99. The van der Waals surface area contributed by atoms with E-state index >= 15 is 0 Å². The molecule has 0 aliphatic carbocycles. The molecule has 0 spiro atoms. The average molecular weight is 275 g/mol. The maximum absolute atomic E-state index is 14.0. The molecule has 2 N–H and O–H groups in total. The second-order valence-corrected chi connectivity index (χ2v) is 5.87. The van der Waals surface area contributed by atoms with E-state index in [0.29, 0.717) is 4.90 Å². The lowest BCUT2D eigenvalue weighted by Gasteiger charge is -2.14. The Kier molecular flexibility index (Phi) is 4.27. The standard InChI is InChI=1S/C16H18FNS/c1-10-7-8-15(11(2)9-10)19-16-13(12(3)18)5-4-6-14(16)17/h4-9,12H,18H2,1-3H3/t12-/m1/s1. The van der Waals surface area contributed by atoms with E-state index in [1.165, 1.54) is 23.4 Å². The van der Waals surface area contributed by atoms with E-state index in [1.54, 1.807) is 6.07 Å². The summed E-state index contributed by atoms with van der Waals surface area (Å²) in [6.07, 6.45) is 0. The molecule has 100 valence electrons. The third-order valence-electron chi connectivity index (χ3n) is 3.03. The van der Waals surface area contributed by atoms with Gasteiger partial charge in [-0.25, -0.2) is 4.39 Å². The van der Waals surface area contributed by atoms with Gasteiger partial charge in [0.05, 0.1) is 4.90 Å². The average Bonchev–Trinajstić information content (AvgIpc) is 2.34. The van der Waals surface area contributed by atoms with Crippen molar-refractivity contribution in [2.75, 3.05) is 0 Å². The summed E-state index contributed by atoms with van der Waals surface area (Å²) in [5.41, 5.74) is 9.14. The molecule has 19 heavy (non-hydrogen) atoms. The molecule has 2 rings (SSSR count). The van der Waals surface area contributed by atoms with Crippen LogP contribution in [0.1, 0.15) is 29.7 Å². The molecule has 1 atom stereocenters. The summed E-state index contributed by atoms with van der Waals surface area (Å²) in [4.78, 5) is 1.70. The maximum Gasteiger partial charge on any atom is 0.137 e. The number of hydrogen-bond acceptors (Lipinski definition) is 2. The Morgan fingerprint density at radius 2 is 1.89 bits per heavy atom. The Balaban J connectivity index is 2.43. The molecule has 2 aromatic carbocycles. The van der Waals surface area contributed by atoms with Crippen LogP contribution in [0.25, 0.3) is 0 Å². The molecule has 0 bridgehead atoms. The van der Waals surface area contributed by atoms with E-state index in [0.717, 1.165) is 16.0 Å². The summed E-state index contributed by atoms with van der Waals surface area (Å²) in [5, 5.41) is 0. The molecule has 0 aliphatic heterocycles. The first-order valence-corrected chi connectivity index (χ1v) is 7.10. The second kappa shape index (κ2) is 5.76. The molecule has 0 heterocycles. The van der Waals surface area contributed by atoms with Gasteiger partial charge < -0.3 is 5.73 Å². The van der Waals surface area contributed by atoms with Gasteiger partial charge in [0.1, 0.15) is 5.82 Å². The van der Waals surface area contributed by atoms with Crippen LogP contribution in [0, 0.1) is 19.7 Å². The van der Waals surface area contributed by atoms with Gasteiger partial charge in [-0.15, -0.1) is 0 Å². The van der Waals surface area contributed by atoms with Crippen molar-refractivity contribution >= 4 is 11.8 Å². The van der Waals surface area contributed by atoms with Gasteiger partial charge in [-0.1, -0.05) is 41.6 Å². The lowest BCUT2D eigenvalue weighted by atomic mass is 10.1. The molecule has 0 aromatic heterocycles. The van der Waals surface area contributed by atoms with E-state index in [1.807, 2.05) is 32.0 Å². The van der Waals surface area contributed by atoms with Crippen molar-refractivity contribution in [3.63, 3.8) is 0 Å². The summed E-state index contributed by atoms with van der Waals surface area (Å²) in [6, 6.07) is 11.1. The largest absolute Gasteiger partial charge is 0.324 e. The van der Waals surface area contributed by atoms with Crippen LogP contribution in [0.4, 0.5) is 4.39 Å². The molecular formula is C16H18FNS. The highest BCUT2D eigenvalue weighted by Crippen LogP contribution is 2.36. The normalized spacial score (nSPS) is 12.5. The Morgan fingerprint density at radius 3 is 2.53 bits per heavy atom. The number of nitrogens with two attached hydrogens (primary N) is 1. The summed E-state index contributed by atoms with van der Waals surface area (Å²) in [5.74, 6) is -0.209. The minimum absolute atomic E-state index is 0.177. The Hall–Kier alpha value is -1.32. The lowest BCUT2D eigenvalue weighted by molar-refractivity contribution is 0.591. The fraction of sp³-hybridized carbons (Fsp3) is 0.250. The fourth-order valence-corrected chi connectivity index (χ4v) is 3.13. The summed E-state index contributed by atoms with van der Waals surface area (Å²) < 4.78 is 14.0. The minimum atomic E-state index is -0.209. The minimum Gasteiger partial charge on any atom is -0.324 e. The topological polar surface area (TPSA) is 26.0 Å². The van der Waals surface area contributed by atoms with E-state index in [4.69, 9.17) is 5.73 Å². The summed E-state index contributed by atoms with van der Waals surface area (Å²) in [7, 11) is 0. The smallest absolute Gasteiger partial charge is 0.137 e. The Morgan fingerprint density at radius 1 is 1.16 bits per heavy atom. The third-order valence-corrected chi connectivity index (χ3v) is 4.34. The highest BCUT2D eigenvalue weighted by Gasteiger charge is 2.13. The lowest BCUT2D eigenvalue weighted by Crippen LogP contribution is -2.07. The fourth-order valence-electron chi connectivity index (χ4n) is 2.02. The molecule has 0 amide bonds. The van der Waals surface area contributed by atoms with Crippen molar-refractivity contribution in [1.29, 1.82) is 0 Å². The van der Waals surface area contributed by atoms with Crippen molar-refractivity contribution in [3.8, 4) is 0 Å². The Bertz CT molecular complexity index is 593. The van der Waals surface area contributed by atoms with Crippen molar-refractivity contribution in [1.82, 2.24) is 0 Å². The first-order valence-electron chi connectivity index (χ1n) is 6.28. The summed E-state index contributed by atoms with van der Waals surface area (Å²) >= 11 is 1.45. The van der Waals surface area contributed by atoms with Crippen LogP contribution in [-0.4, -0.2) is 0 Å². The third kappa shape index (κ3) is 3.17.